The first kappa shape index (κ1) is 23.5. The molecule has 2 atom stereocenters. The van der Waals surface area contributed by atoms with Crippen LogP contribution in [0.2, 0.25) is 5.02 Å². The molecule has 11 heteroatoms. The van der Waals surface area contributed by atoms with Crippen molar-refractivity contribution in [3.05, 3.63) is 34.5 Å². The number of benzene rings is 1. The van der Waals surface area contributed by atoms with Crippen molar-refractivity contribution in [2.45, 2.75) is 62.8 Å². The Hall–Kier alpha value is -2.62. The number of methoxy groups -OCH3 is 2. The highest BCUT2D eigenvalue weighted by molar-refractivity contribution is 6.36. The molecule has 0 unspecified atom stereocenters. The highest BCUT2D eigenvalue weighted by atomic mass is 35.5. The summed E-state index contributed by atoms with van der Waals surface area (Å²) in [5, 5.41) is 9.79. The van der Waals surface area contributed by atoms with E-state index in [-0.39, 0.29) is 29.0 Å². The van der Waals surface area contributed by atoms with Crippen LogP contribution < -0.4 is 20.1 Å². The second-order valence-electron chi connectivity index (χ2n) is 8.37. The molecule has 1 saturated carbocycles. The minimum Gasteiger partial charge on any atom is -0.493 e. The lowest BCUT2D eigenvalue weighted by Crippen LogP contribution is -2.37. The van der Waals surface area contributed by atoms with Gasteiger partial charge in [0.05, 0.1) is 20.3 Å². The molecule has 1 aliphatic heterocycles. The van der Waals surface area contributed by atoms with E-state index in [0.29, 0.717) is 17.1 Å². The highest BCUT2D eigenvalue weighted by Crippen LogP contribution is 2.47. The van der Waals surface area contributed by atoms with Crippen molar-refractivity contribution in [3.8, 4) is 11.5 Å². The number of ether oxygens (including phenoxy) is 2. The van der Waals surface area contributed by atoms with Crippen molar-refractivity contribution in [3.63, 3.8) is 0 Å². The van der Waals surface area contributed by atoms with Gasteiger partial charge < -0.3 is 20.1 Å². The number of rotatable bonds is 5. The Kier molecular flexibility index (Phi) is 6.65. The van der Waals surface area contributed by atoms with E-state index in [1.54, 1.807) is 18.2 Å². The number of amides is 1. The molecule has 7 nitrogen and oxygen atoms in total. The maximum Gasteiger partial charge on any atom is 0.410 e. The lowest BCUT2D eigenvalue weighted by atomic mass is 9.95. The van der Waals surface area contributed by atoms with Crippen LogP contribution in [-0.2, 0) is 0 Å². The van der Waals surface area contributed by atoms with Crippen molar-refractivity contribution < 1.29 is 27.4 Å². The number of carbonyl (C=O) groups is 1. The molecule has 33 heavy (non-hydrogen) atoms. The Morgan fingerprint density at radius 1 is 1.18 bits per heavy atom. The molecule has 0 spiro atoms. The maximum absolute atomic E-state index is 14.0. The quantitative estimate of drug-likeness (QED) is 0.601. The number of fused-ring (bicyclic) bond motifs is 1. The van der Waals surface area contributed by atoms with Crippen molar-refractivity contribution in [1.82, 2.24) is 15.1 Å². The average molecular weight is 487 g/mol. The molecule has 180 valence electrons. The molecule has 2 heterocycles. The summed E-state index contributed by atoms with van der Waals surface area (Å²) in [7, 11) is 2.94. The number of hydrogen-bond donors (Lipinski definition) is 2. The van der Waals surface area contributed by atoms with Crippen LogP contribution in [0.4, 0.5) is 19.0 Å². The van der Waals surface area contributed by atoms with Gasteiger partial charge in [-0.15, -0.1) is 0 Å². The van der Waals surface area contributed by atoms with Crippen molar-refractivity contribution in [1.29, 1.82) is 0 Å². The van der Waals surface area contributed by atoms with Gasteiger partial charge in [-0.2, -0.15) is 18.3 Å². The summed E-state index contributed by atoms with van der Waals surface area (Å²) in [5.74, 6) is 0.283. The van der Waals surface area contributed by atoms with Gasteiger partial charge in [0.2, 0.25) is 0 Å². The van der Waals surface area contributed by atoms with Gasteiger partial charge in [0, 0.05) is 12.5 Å². The van der Waals surface area contributed by atoms with Crippen LogP contribution in [0, 0.1) is 0 Å². The van der Waals surface area contributed by atoms with Gasteiger partial charge in [-0.3, -0.25) is 4.79 Å². The van der Waals surface area contributed by atoms with Crippen LogP contribution in [-0.4, -0.2) is 42.1 Å². The summed E-state index contributed by atoms with van der Waals surface area (Å²) >= 11 is 6.41. The monoisotopic (exact) mass is 486 g/mol. The minimum atomic E-state index is -4.59. The first-order valence-corrected chi connectivity index (χ1v) is 11.2. The normalized spacial score (nSPS) is 21.2. The van der Waals surface area contributed by atoms with Gasteiger partial charge >= 0.3 is 6.18 Å². The molecular formula is C22H26ClF3N4O3. The van der Waals surface area contributed by atoms with Crippen LogP contribution in [0.25, 0.3) is 0 Å². The van der Waals surface area contributed by atoms with Crippen LogP contribution in [0.15, 0.2) is 18.2 Å². The van der Waals surface area contributed by atoms with Gasteiger partial charge in [0.15, 0.2) is 23.2 Å². The van der Waals surface area contributed by atoms with Crippen LogP contribution >= 0.6 is 11.6 Å². The van der Waals surface area contributed by atoms with Gasteiger partial charge in [-0.05, 0) is 30.5 Å². The van der Waals surface area contributed by atoms with E-state index in [0.717, 1.165) is 36.8 Å². The van der Waals surface area contributed by atoms with E-state index in [1.807, 2.05) is 0 Å². The molecule has 1 aliphatic carbocycles. The van der Waals surface area contributed by atoms with Crippen LogP contribution in [0.1, 0.15) is 66.7 Å². The lowest BCUT2D eigenvalue weighted by Gasteiger charge is -2.33. The predicted molar refractivity (Wildman–Crippen MR) is 117 cm³/mol. The topological polar surface area (TPSA) is 77.4 Å². The van der Waals surface area contributed by atoms with E-state index in [9.17, 15) is 18.0 Å². The molecule has 2 aromatic rings. The molecule has 2 aliphatic rings. The first-order valence-electron chi connectivity index (χ1n) is 10.9. The fourth-order valence-corrected chi connectivity index (χ4v) is 4.79. The molecule has 0 saturated heterocycles. The molecular weight excluding hydrogens is 461 g/mol. The minimum absolute atomic E-state index is 0.0214. The number of nitrogens with zero attached hydrogens (tertiary/aromatic N) is 2. The molecule has 1 aromatic carbocycles. The second-order valence-corrected chi connectivity index (χ2v) is 8.75. The van der Waals surface area contributed by atoms with Crippen molar-refractivity contribution in [2.75, 3.05) is 19.5 Å². The van der Waals surface area contributed by atoms with Crippen molar-refractivity contribution in [2.24, 2.45) is 0 Å². The van der Waals surface area contributed by atoms with E-state index >= 15 is 0 Å². The van der Waals surface area contributed by atoms with Gasteiger partial charge in [-0.25, -0.2) is 4.68 Å². The maximum atomic E-state index is 14.0. The third-order valence-corrected chi connectivity index (χ3v) is 6.62. The highest BCUT2D eigenvalue weighted by Gasteiger charge is 2.48. The second kappa shape index (κ2) is 9.32. The van der Waals surface area contributed by atoms with E-state index < -0.39 is 24.2 Å². The SMILES string of the molecule is COc1ccc([C@@H]2C[C@@H](C(F)(F)F)n3nc(C(=O)NC4CCCCC4)c(Cl)c3N2)cc1OC. The molecule has 2 N–H and O–H groups in total. The summed E-state index contributed by atoms with van der Waals surface area (Å²) in [6.07, 6.45) is -0.123. The number of aromatic nitrogens is 2. The predicted octanol–water partition coefficient (Wildman–Crippen LogP) is 5.28. The third kappa shape index (κ3) is 4.71. The number of halogens is 4. The van der Waals surface area contributed by atoms with Gasteiger partial charge in [0.25, 0.3) is 5.91 Å². The fraction of sp³-hybridized carbons (Fsp3) is 0.545. The zero-order chi connectivity index (χ0) is 23.8. The number of alkyl halides is 3. The summed E-state index contributed by atoms with van der Waals surface area (Å²) in [5.41, 5.74) is 0.366. The summed E-state index contributed by atoms with van der Waals surface area (Å²) in [4.78, 5) is 12.8. The average Bonchev–Trinajstić information content (AvgIpc) is 3.14. The Bertz CT molecular complexity index is 1020. The molecule has 4 rings (SSSR count). The molecule has 0 radical (unpaired) electrons. The smallest absolute Gasteiger partial charge is 0.410 e. The molecule has 1 aromatic heterocycles. The third-order valence-electron chi connectivity index (χ3n) is 6.26. The molecule has 1 fully saturated rings. The molecule has 1 amide bonds. The molecule has 0 bridgehead atoms. The zero-order valence-corrected chi connectivity index (χ0v) is 19.1. The van der Waals surface area contributed by atoms with E-state index in [4.69, 9.17) is 21.1 Å². The lowest BCUT2D eigenvalue weighted by molar-refractivity contribution is -0.173. The number of nitrogens with one attached hydrogen (secondary N) is 2. The van der Waals surface area contributed by atoms with Gasteiger partial charge in [0.1, 0.15) is 10.8 Å². The standard InChI is InChI=1S/C22H26ClF3N4O3/c1-32-15-9-8-12(10-16(15)33-2)14-11-17(22(24,25)26)30-20(28-14)18(23)19(29-30)21(31)27-13-6-4-3-5-7-13/h8-10,13-14,17,28H,3-7,11H2,1-2H3,(H,27,31)/t14-,17-/m0/s1. The van der Waals surface area contributed by atoms with Crippen molar-refractivity contribution >= 4 is 23.3 Å². The Balaban J connectivity index is 1.66. The van der Waals surface area contributed by atoms with Crippen LogP contribution in [0.5, 0.6) is 11.5 Å². The summed E-state index contributed by atoms with van der Waals surface area (Å²) in [6.45, 7) is 0. The van der Waals surface area contributed by atoms with Gasteiger partial charge in [-0.1, -0.05) is 36.9 Å². The Morgan fingerprint density at radius 3 is 2.52 bits per heavy atom. The van der Waals surface area contributed by atoms with E-state index in [1.165, 1.54) is 14.2 Å². The fourth-order valence-electron chi connectivity index (χ4n) is 4.52. The zero-order valence-electron chi connectivity index (χ0n) is 18.3. The number of anilines is 1. The number of hydrogen-bond acceptors (Lipinski definition) is 5. The first-order chi connectivity index (χ1) is 15.7. The van der Waals surface area contributed by atoms with E-state index in [2.05, 4.69) is 15.7 Å². The Labute approximate surface area is 194 Å². The summed E-state index contributed by atoms with van der Waals surface area (Å²) in [6, 6.07) is 2.23. The summed E-state index contributed by atoms with van der Waals surface area (Å²) < 4.78 is 53.3. The largest absolute Gasteiger partial charge is 0.493 e. The number of carbonyl (C=O) groups excluding carboxylic acids is 1. The Morgan fingerprint density at radius 2 is 1.88 bits per heavy atom. The van der Waals surface area contributed by atoms with Crippen LogP contribution in [0.3, 0.4) is 0 Å².